The van der Waals surface area contributed by atoms with Crippen molar-refractivity contribution < 1.29 is 0 Å². The minimum atomic E-state index is 0.982. The lowest BCUT2D eigenvalue weighted by Gasteiger charge is -2.00. The van der Waals surface area contributed by atoms with Gasteiger partial charge in [-0.25, -0.2) is 0 Å². The molecule has 0 saturated carbocycles. The van der Waals surface area contributed by atoms with Gasteiger partial charge in [0.2, 0.25) is 0 Å². The molecule has 0 spiro atoms. The Labute approximate surface area is 57.5 Å². The minimum Gasteiger partial charge on any atom is -0.389 e. The van der Waals surface area contributed by atoms with Gasteiger partial charge >= 0.3 is 0 Å². The zero-order valence-corrected chi connectivity index (χ0v) is 6.49. The zero-order chi connectivity index (χ0) is 7.28. The van der Waals surface area contributed by atoms with Gasteiger partial charge in [-0.3, -0.25) is 0 Å². The number of hydrogen-bond donors (Lipinski definition) is 1. The topological polar surface area (TPSA) is 12.0 Å². The van der Waals surface area contributed by atoms with Crippen LogP contribution in [0.4, 0.5) is 0 Å². The molecule has 0 saturated heterocycles. The van der Waals surface area contributed by atoms with Gasteiger partial charge < -0.3 is 5.32 Å². The van der Waals surface area contributed by atoms with Crippen LogP contribution in [0.25, 0.3) is 0 Å². The Kier molecular flexibility index (Phi) is 3.85. The fourth-order valence-corrected chi connectivity index (χ4v) is 0.699. The molecule has 0 aliphatic carbocycles. The monoisotopic (exact) mass is 125 g/mol. The number of rotatable bonds is 3. The molecule has 0 aromatic carbocycles. The average molecular weight is 125 g/mol. The molecule has 0 amide bonds. The molecule has 9 heavy (non-hydrogen) atoms. The second-order valence-electron chi connectivity index (χ2n) is 2.20. The van der Waals surface area contributed by atoms with Gasteiger partial charge in [-0.2, -0.15) is 0 Å². The maximum atomic E-state index is 3.76. The average Bonchev–Trinajstić information content (AvgIpc) is 1.63. The third kappa shape index (κ3) is 5.15. The van der Waals surface area contributed by atoms with Gasteiger partial charge in [-0.05, 0) is 26.8 Å². The molecule has 0 atom stereocenters. The highest BCUT2D eigenvalue weighted by molar-refractivity contribution is 5.15. The van der Waals surface area contributed by atoms with Gasteiger partial charge in [0.05, 0.1) is 0 Å². The normalized spacial score (nSPS) is 11.2. The van der Waals surface area contributed by atoms with E-state index in [2.05, 4.69) is 18.8 Å². The quantitative estimate of drug-likeness (QED) is 0.569. The van der Waals surface area contributed by atoms with Crippen LogP contribution in [0.2, 0.25) is 0 Å². The first-order valence-corrected chi connectivity index (χ1v) is 3.24. The van der Waals surface area contributed by atoms with Gasteiger partial charge in [0.25, 0.3) is 0 Å². The van der Waals surface area contributed by atoms with Crippen LogP contribution in [0, 0.1) is 0 Å². The summed E-state index contributed by atoms with van der Waals surface area (Å²) in [6.07, 6.45) is 2.03. The maximum absolute atomic E-state index is 3.76. The molecule has 0 heterocycles. The van der Waals surface area contributed by atoms with Crippen LogP contribution >= 0.6 is 0 Å². The summed E-state index contributed by atoms with van der Waals surface area (Å²) >= 11 is 0. The first-order valence-electron chi connectivity index (χ1n) is 3.24. The molecular weight excluding hydrogens is 110 g/mol. The van der Waals surface area contributed by atoms with Crippen molar-refractivity contribution in [1.29, 1.82) is 0 Å². The predicted octanol–water partition coefficient (Wildman–Crippen LogP) is 2.08. The van der Waals surface area contributed by atoms with E-state index in [9.17, 15) is 0 Å². The molecule has 0 aromatic heterocycles. The fourth-order valence-electron chi connectivity index (χ4n) is 0.699. The molecule has 0 aliphatic heterocycles. The van der Waals surface area contributed by atoms with Crippen LogP contribution in [0.15, 0.2) is 23.9 Å². The minimum absolute atomic E-state index is 0.982. The summed E-state index contributed by atoms with van der Waals surface area (Å²) in [5.41, 5.74) is 2.28. The number of hydrogen-bond acceptors (Lipinski definition) is 1. The van der Waals surface area contributed by atoms with Crippen molar-refractivity contribution in [3.05, 3.63) is 23.9 Å². The summed E-state index contributed by atoms with van der Waals surface area (Å²) in [5, 5.41) is 3.18. The molecule has 0 aliphatic rings. The number of nitrogens with one attached hydrogen (secondary N) is 1. The van der Waals surface area contributed by atoms with Gasteiger partial charge in [-0.1, -0.05) is 12.2 Å². The first-order chi connectivity index (χ1) is 4.16. The highest BCUT2D eigenvalue weighted by atomic mass is 14.9. The molecule has 52 valence electrons. The van der Waals surface area contributed by atoms with E-state index in [0.717, 1.165) is 12.1 Å². The third-order valence-electron chi connectivity index (χ3n) is 0.919. The first kappa shape index (κ1) is 8.28. The Hall–Kier alpha value is -0.720. The van der Waals surface area contributed by atoms with Crippen LogP contribution in [-0.4, -0.2) is 6.54 Å². The van der Waals surface area contributed by atoms with Crippen molar-refractivity contribution in [3.63, 3.8) is 0 Å². The molecule has 0 unspecified atom stereocenters. The van der Waals surface area contributed by atoms with Crippen molar-refractivity contribution in [2.45, 2.75) is 20.8 Å². The molecule has 0 aromatic rings. The molecule has 0 bridgehead atoms. The lowest BCUT2D eigenvalue weighted by Crippen LogP contribution is -2.08. The van der Waals surface area contributed by atoms with Crippen molar-refractivity contribution in [2.75, 3.05) is 6.54 Å². The molecule has 1 nitrogen and oxygen atoms in total. The lowest BCUT2D eigenvalue weighted by atomic mass is 10.3. The summed E-state index contributed by atoms with van der Waals surface area (Å²) in [6.45, 7) is 10.8. The molecular formula is C8H15N. The van der Waals surface area contributed by atoms with Crippen molar-refractivity contribution >= 4 is 0 Å². The highest BCUT2D eigenvalue weighted by Crippen LogP contribution is 1.93. The predicted molar refractivity (Wildman–Crippen MR) is 42.2 cm³/mol. The Morgan fingerprint density at radius 1 is 1.56 bits per heavy atom. The van der Waals surface area contributed by atoms with Crippen LogP contribution < -0.4 is 5.32 Å². The maximum Gasteiger partial charge on any atom is 0.0115 e. The Morgan fingerprint density at radius 2 is 2.11 bits per heavy atom. The smallest absolute Gasteiger partial charge is 0.0115 e. The Bertz CT molecular complexity index is 123. The van der Waals surface area contributed by atoms with Gasteiger partial charge in [0, 0.05) is 12.2 Å². The summed E-state index contributed by atoms with van der Waals surface area (Å²) in [7, 11) is 0. The van der Waals surface area contributed by atoms with Gasteiger partial charge in [-0.15, -0.1) is 0 Å². The van der Waals surface area contributed by atoms with Gasteiger partial charge in [0.1, 0.15) is 0 Å². The summed E-state index contributed by atoms with van der Waals surface area (Å²) in [4.78, 5) is 0. The fraction of sp³-hybridized carbons (Fsp3) is 0.500. The van der Waals surface area contributed by atoms with Crippen molar-refractivity contribution in [3.8, 4) is 0 Å². The summed E-state index contributed by atoms with van der Waals surface area (Å²) < 4.78 is 0. The molecule has 1 N–H and O–H groups in total. The lowest BCUT2D eigenvalue weighted by molar-refractivity contribution is 0.853. The van der Waals surface area contributed by atoms with Crippen molar-refractivity contribution in [2.24, 2.45) is 0 Å². The third-order valence-corrected chi connectivity index (χ3v) is 0.919. The summed E-state index contributed by atoms with van der Waals surface area (Å²) in [5.74, 6) is 0. The SMILES string of the molecule is C=C(C)/C=C(\C)NCC. The van der Waals surface area contributed by atoms with E-state index < -0.39 is 0 Å². The van der Waals surface area contributed by atoms with E-state index in [1.165, 1.54) is 5.70 Å². The standard InChI is InChI=1S/C8H15N/c1-5-9-8(4)6-7(2)3/h6,9H,2,5H2,1,3-4H3/b8-6+. The van der Waals surface area contributed by atoms with E-state index in [1.54, 1.807) is 0 Å². The molecule has 0 rings (SSSR count). The summed E-state index contributed by atoms with van der Waals surface area (Å²) in [6, 6.07) is 0. The van der Waals surface area contributed by atoms with Crippen LogP contribution in [0.5, 0.6) is 0 Å². The highest BCUT2D eigenvalue weighted by Gasteiger charge is 1.82. The van der Waals surface area contributed by atoms with E-state index in [1.807, 2.05) is 19.9 Å². The van der Waals surface area contributed by atoms with Crippen molar-refractivity contribution in [1.82, 2.24) is 5.32 Å². The number of allylic oxidation sites excluding steroid dienone is 3. The van der Waals surface area contributed by atoms with Gasteiger partial charge in [0.15, 0.2) is 0 Å². The van der Waals surface area contributed by atoms with E-state index >= 15 is 0 Å². The van der Waals surface area contributed by atoms with Crippen LogP contribution in [0.3, 0.4) is 0 Å². The van der Waals surface area contributed by atoms with E-state index in [0.29, 0.717) is 0 Å². The molecule has 0 fully saturated rings. The Morgan fingerprint density at radius 3 is 2.44 bits per heavy atom. The second-order valence-corrected chi connectivity index (χ2v) is 2.20. The molecule has 1 heteroatoms. The van der Waals surface area contributed by atoms with Crippen LogP contribution in [0.1, 0.15) is 20.8 Å². The van der Waals surface area contributed by atoms with E-state index in [4.69, 9.17) is 0 Å². The zero-order valence-electron chi connectivity index (χ0n) is 6.49. The Balaban J connectivity index is 3.69. The van der Waals surface area contributed by atoms with Crippen LogP contribution in [-0.2, 0) is 0 Å². The largest absolute Gasteiger partial charge is 0.389 e. The van der Waals surface area contributed by atoms with E-state index in [-0.39, 0.29) is 0 Å². The second kappa shape index (κ2) is 4.19. The molecule has 0 radical (unpaired) electrons.